The number of nitrogens with zero attached hydrogens (tertiary/aromatic N) is 6. The molecule has 1 aromatic carbocycles. The number of pyridine rings is 1. The van der Waals surface area contributed by atoms with E-state index in [-0.39, 0.29) is 24.6 Å². The van der Waals surface area contributed by atoms with Crippen molar-refractivity contribution < 1.29 is 5.84 Å². The van der Waals surface area contributed by atoms with Gasteiger partial charge >= 0.3 is 0 Å². The zero-order valence-electron chi connectivity index (χ0n) is 18.8. The zero-order chi connectivity index (χ0) is 23.5. The minimum atomic E-state index is -0.243. The molecule has 0 radical (unpaired) electrons. The van der Waals surface area contributed by atoms with Crippen LogP contribution in [0.15, 0.2) is 51.8 Å². The van der Waals surface area contributed by atoms with Gasteiger partial charge in [-0.15, -0.1) is 10.2 Å². The van der Waals surface area contributed by atoms with E-state index >= 15 is 0 Å². The Morgan fingerprint density at radius 3 is 2.55 bits per heavy atom. The van der Waals surface area contributed by atoms with Crippen molar-refractivity contribution in [1.29, 1.82) is 5.26 Å². The van der Waals surface area contributed by atoms with Gasteiger partial charge in [0.2, 0.25) is 5.89 Å². The lowest BCUT2D eigenvalue weighted by Crippen LogP contribution is -2.24. The van der Waals surface area contributed by atoms with Gasteiger partial charge in [0.25, 0.3) is 11.4 Å². The maximum Gasteiger partial charge on any atom is 0.268 e. The van der Waals surface area contributed by atoms with Crippen LogP contribution in [0.2, 0.25) is 0 Å². The van der Waals surface area contributed by atoms with Crippen molar-refractivity contribution in [3.05, 3.63) is 69.9 Å². The van der Waals surface area contributed by atoms with E-state index in [0.717, 1.165) is 17.7 Å². The number of aryl methyl sites for hydroxylation is 1. The predicted molar refractivity (Wildman–Crippen MR) is 125 cm³/mol. The van der Waals surface area contributed by atoms with Crippen LogP contribution in [0, 0.1) is 18.3 Å². The highest BCUT2D eigenvalue weighted by molar-refractivity contribution is 5.67. The highest BCUT2D eigenvalue weighted by Gasteiger charge is 2.19. The van der Waals surface area contributed by atoms with E-state index < -0.39 is 0 Å². The van der Waals surface area contributed by atoms with Gasteiger partial charge in [-0.3, -0.25) is 14.3 Å². The van der Waals surface area contributed by atoms with E-state index in [9.17, 15) is 10.1 Å². The number of benzene rings is 1. The van der Waals surface area contributed by atoms with E-state index in [1.54, 1.807) is 19.2 Å². The van der Waals surface area contributed by atoms with Gasteiger partial charge in [0.05, 0.1) is 17.6 Å². The normalized spacial score (nSPS) is 11.0. The fraction of sp³-hybridized carbons (Fsp3) is 0.250. The molecule has 3 aromatic heterocycles. The van der Waals surface area contributed by atoms with Gasteiger partial charge in [-0.1, -0.05) is 12.1 Å². The Balaban J connectivity index is 0.00000324. The van der Waals surface area contributed by atoms with Crippen LogP contribution in [0.4, 0.5) is 0 Å². The van der Waals surface area contributed by atoms with Crippen molar-refractivity contribution in [2.75, 3.05) is 7.05 Å². The smallest absolute Gasteiger partial charge is 0.268 e. The van der Waals surface area contributed by atoms with E-state index in [0.29, 0.717) is 28.5 Å². The van der Waals surface area contributed by atoms with Crippen LogP contribution in [0.1, 0.15) is 38.3 Å². The van der Waals surface area contributed by atoms with Gasteiger partial charge in [0.1, 0.15) is 17.5 Å². The molecule has 0 saturated carbocycles. The summed E-state index contributed by atoms with van der Waals surface area (Å²) >= 11 is 0. The quantitative estimate of drug-likeness (QED) is 0.478. The Labute approximate surface area is 192 Å². The Kier molecular flexibility index (Phi) is 6.11. The molecular weight excluding hydrogens is 418 g/mol. The first kappa shape index (κ1) is 22.0. The van der Waals surface area contributed by atoms with Crippen LogP contribution in [0.3, 0.4) is 0 Å². The van der Waals surface area contributed by atoms with Crippen molar-refractivity contribution in [2.24, 2.45) is 0 Å². The van der Waals surface area contributed by atoms with Crippen LogP contribution in [0.5, 0.6) is 0 Å². The summed E-state index contributed by atoms with van der Waals surface area (Å²) in [7, 11) is 1.90. The maximum atomic E-state index is 12.3. The van der Waals surface area contributed by atoms with Crippen LogP contribution >= 0.6 is 0 Å². The van der Waals surface area contributed by atoms with Crippen LogP contribution in [-0.2, 0) is 6.54 Å². The second-order valence-corrected chi connectivity index (χ2v) is 7.84. The summed E-state index contributed by atoms with van der Waals surface area (Å²) in [6.45, 7) is 6.27. The van der Waals surface area contributed by atoms with Gasteiger partial charge < -0.3 is 9.73 Å². The molecule has 9 heteroatoms. The van der Waals surface area contributed by atoms with Gasteiger partial charge in [0.15, 0.2) is 0 Å². The summed E-state index contributed by atoms with van der Waals surface area (Å²) < 4.78 is 7.35. The fourth-order valence-electron chi connectivity index (χ4n) is 3.57. The molecule has 0 aliphatic rings. The van der Waals surface area contributed by atoms with Gasteiger partial charge in [-0.05, 0) is 51.6 Å². The lowest BCUT2D eigenvalue weighted by molar-refractivity contribution is 0.572. The molecule has 1 N–H and O–H groups in total. The first-order valence-electron chi connectivity index (χ1n) is 10.5. The summed E-state index contributed by atoms with van der Waals surface area (Å²) in [5.41, 5.74) is 3.91. The average molecular weight is 444 g/mol. The molecule has 0 amide bonds. The molecule has 9 nitrogen and oxygen atoms in total. The van der Waals surface area contributed by atoms with E-state index in [2.05, 4.69) is 31.6 Å². The van der Waals surface area contributed by atoms with E-state index in [4.69, 9.17) is 4.42 Å². The molecule has 0 aliphatic heterocycles. The second-order valence-electron chi connectivity index (χ2n) is 7.84. The highest BCUT2D eigenvalue weighted by Crippen LogP contribution is 2.28. The lowest BCUT2D eigenvalue weighted by atomic mass is 10.1. The predicted octanol–water partition coefficient (Wildman–Crippen LogP) is 3.75. The number of hydrogen-bond donors (Lipinski definition) is 1. The molecule has 0 fully saturated rings. The Bertz CT molecular complexity index is 1400. The number of hydrogen-bond acceptors (Lipinski definition) is 8. The summed E-state index contributed by atoms with van der Waals surface area (Å²) in [6, 6.07) is 12.8. The molecule has 0 unspecified atom stereocenters. The molecule has 0 aliphatic carbocycles. The molecule has 33 heavy (non-hydrogen) atoms. The van der Waals surface area contributed by atoms with Gasteiger partial charge in [0, 0.05) is 31.2 Å². The summed E-state index contributed by atoms with van der Waals surface area (Å²) in [6.07, 6.45) is 1.57. The minimum absolute atomic E-state index is 0. The fourth-order valence-corrected chi connectivity index (χ4v) is 3.57. The molecule has 0 bridgehead atoms. The number of rotatable bonds is 6. The number of aromatic nitrogens is 5. The largest absolute Gasteiger partial charge is 0.415 e. The van der Waals surface area contributed by atoms with Crippen molar-refractivity contribution in [3.8, 4) is 40.4 Å². The standard InChI is InChI=1S/C24H23N7O2.H2/c1-14(2)31-20(11-25)18(9-10-21(31)32)19-13-27-15(3)22(28-19)24-30-29-23(33-24)17-7-5-16(6-8-17)12-26-4;/h5-10,13-14,26H,12H2,1-4H3;1H. The lowest BCUT2D eigenvalue weighted by Gasteiger charge is -2.15. The van der Waals surface area contributed by atoms with Crippen molar-refractivity contribution in [2.45, 2.75) is 33.4 Å². The molecule has 4 aromatic rings. The molecule has 0 atom stereocenters. The van der Waals surface area contributed by atoms with Gasteiger partial charge in [-0.2, -0.15) is 5.26 Å². The van der Waals surface area contributed by atoms with Crippen LogP contribution in [0.25, 0.3) is 34.3 Å². The minimum Gasteiger partial charge on any atom is -0.415 e. The second kappa shape index (κ2) is 9.14. The third-order valence-corrected chi connectivity index (χ3v) is 5.19. The molecule has 0 saturated heterocycles. The molecule has 3 heterocycles. The van der Waals surface area contributed by atoms with Crippen molar-refractivity contribution in [1.82, 2.24) is 30.0 Å². The zero-order valence-corrected chi connectivity index (χ0v) is 18.8. The summed E-state index contributed by atoms with van der Waals surface area (Å²) in [4.78, 5) is 21.4. The van der Waals surface area contributed by atoms with Crippen molar-refractivity contribution >= 4 is 0 Å². The third-order valence-electron chi connectivity index (χ3n) is 5.19. The first-order valence-corrected chi connectivity index (χ1v) is 10.5. The monoisotopic (exact) mass is 443 g/mol. The molecule has 0 spiro atoms. The molecular formula is C24H25N7O2. The highest BCUT2D eigenvalue weighted by atomic mass is 16.4. The first-order chi connectivity index (χ1) is 15.9. The summed E-state index contributed by atoms with van der Waals surface area (Å²) in [5, 5.41) is 21.2. The SMILES string of the molecule is CNCc1ccc(-c2nnc(-c3nc(-c4ccc(=O)n(C(C)C)c4C#N)cnc3C)o2)cc1.[HH]. The topological polar surface area (TPSA) is 123 Å². The maximum absolute atomic E-state index is 12.3. The Morgan fingerprint density at radius 2 is 1.88 bits per heavy atom. The Hall–Kier alpha value is -4.16. The number of nitriles is 1. The number of nitrogens with one attached hydrogen (secondary N) is 1. The van der Waals surface area contributed by atoms with Crippen LogP contribution in [-0.4, -0.2) is 31.8 Å². The van der Waals surface area contributed by atoms with Crippen molar-refractivity contribution in [3.63, 3.8) is 0 Å². The molecule has 4 rings (SSSR count). The van der Waals surface area contributed by atoms with E-state index in [1.807, 2.05) is 45.2 Å². The Morgan fingerprint density at radius 1 is 1.15 bits per heavy atom. The average Bonchev–Trinajstić information content (AvgIpc) is 3.29. The van der Waals surface area contributed by atoms with Crippen LogP contribution < -0.4 is 10.9 Å². The third kappa shape index (κ3) is 4.29. The summed E-state index contributed by atoms with van der Waals surface area (Å²) in [5.74, 6) is 0.602. The molecule has 168 valence electrons. The van der Waals surface area contributed by atoms with E-state index in [1.165, 1.54) is 10.6 Å². The van der Waals surface area contributed by atoms with Gasteiger partial charge in [-0.25, -0.2) is 4.98 Å².